The molecule has 1 aliphatic heterocycles. The first-order chi connectivity index (χ1) is 11.3. The van der Waals surface area contributed by atoms with Crippen LogP contribution in [0.5, 0.6) is 5.88 Å². The van der Waals surface area contributed by atoms with Gasteiger partial charge < -0.3 is 9.64 Å². The number of rotatable bonds is 3. The van der Waals surface area contributed by atoms with Gasteiger partial charge in [-0.1, -0.05) is 6.07 Å². The highest BCUT2D eigenvalue weighted by molar-refractivity contribution is 5.85. The summed E-state index contributed by atoms with van der Waals surface area (Å²) in [7, 11) is 0. The Labute approximate surface area is 136 Å². The van der Waals surface area contributed by atoms with Crippen molar-refractivity contribution in [2.24, 2.45) is 5.92 Å². The molecular formula is C16H17F3N2O3. The number of hydrogen-bond donors (Lipinski definition) is 0. The van der Waals surface area contributed by atoms with Crippen molar-refractivity contribution in [3.63, 3.8) is 0 Å². The lowest BCUT2D eigenvalue weighted by Gasteiger charge is -2.41. The van der Waals surface area contributed by atoms with Crippen molar-refractivity contribution in [2.45, 2.75) is 38.0 Å². The number of amides is 1. The second kappa shape index (κ2) is 6.41. The molecule has 2 heterocycles. The zero-order valence-electron chi connectivity index (χ0n) is 12.9. The summed E-state index contributed by atoms with van der Waals surface area (Å²) in [4.78, 5) is 28.5. The smallest absolute Gasteiger partial charge is 0.433 e. The lowest BCUT2D eigenvalue weighted by atomic mass is 9.86. The molecular weight excluding hydrogens is 325 g/mol. The molecule has 1 saturated carbocycles. The van der Waals surface area contributed by atoms with E-state index in [1.165, 1.54) is 12.1 Å². The van der Waals surface area contributed by atoms with Crippen molar-refractivity contribution < 1.29 is 27.5 Å². The number of nitrogens with zero attached hydrogens (tertiary/aromatic N) is 2. The predicted octanol–water partition coefficient (Wildman–Crippen LogP) is 2.45. The maximum atomic E-state index is 12.6. The molecule has 2 fully saturated rings. The lowest BCUT2D eigenvalue weighted by molar-refractivity contribution is -0.146. The van der Waals surface area contributed by atoms with Crippen LogP contribution in [0.1, 0.15) is 31.4 Å². The van der Waals surface area contributed by atoms with Gasteiger partial charge in [0.15, 0.2) is 0 Å². The molecule has 0 radical (unpaired) electrons. The van der Waals surface area contributed by atoms with Gasteiger partial charge in [-0.2, -0.15) is 13.2 Å². The van der Waals surface area contributed by atoms with E-state index in [2.05, 4.69) is 4.98 Å². The van der Waals surface area contributed by atoms with E-state index in [4.69, 9.17) is 4.74 Å². The first kappa shape index (κ1) is 16.7. The van der Waals surface area contributed by atoms with Crippen molar-refractivity contribution >= 4 is 11.7 Å². The Hall–Kier alpha value is -2.12. The molecule has 0 spiro atoms. The number of pyridine rings is 1. The minimum atomic E-state index is -4.51. The molecule has 24 heavy (non-hydrogen) atoms. The summed E-state index contributed by atoms with van der Waals surface area (Å²) < 4.78 is 43.2. The van der Waals surface area contributed by atoms with Crippen LogP contribution in [0.25, 0.3) is 0 Å². The molecule has 0 atom stereocenters. The first-order valence-electron chi connectivity index (χ1n) is 7.84. The largest absolute Gasteiger partial charge is 0.471 e. The molecule has 0 N–H and O–H groups in total. The van der Waals surface area contributed by atoms with Crippen LogP contribution in [-0.4, -0.2) is 40.8 Å². The van der Waals surface area contributed by atoms with Crippen LogP contribution in [-0.2, 0) is 15.8 Å². The summed E-state index contributed by atoms with van der Waals surface area (Å²) in [6.07, 6.45) is -2.82. The summed E-state index contributed by atoms with van der Waals surface area (Å²) in [6.45, 7) is 0.669. The van der Waals surface area contributed by atoms with Crippen LogP contribution >= 0.6 is 0 Å². The van der Waals surface area contributed by atoms with Crippen molar-refractivity contribution in [3.05, 3.63) is 23.9 Å². The zero-order chi connectivity index (χ0) is 17.3. The van der Waals surface area contributed by atoms with E-state index in [1.54, 1.807) is 4.90 Å². The Morgan fingerprint density at radius 3 is 2.50 bits per heavy atom. The fraction of sp³-hybridized carbons (Fsp3) is 0.562. The topological polar surface area (TPSA) is 59.5 Å². The van der Waals surface area contributed by atoms with Crippen molar-refractivity contribution in [3.8, 4) is 5.88 Å². The van der Waals surface area contributed by atoms with Gasteiger partial charge in [0.1, 0.15) is 17.6 Å². The van der Waals surface area contributed by atoms with Gasteiger partial charge in [0.2, 0.25) is 11.8 Å². The SMILES string of the molecule is O=C1CCC(C(=O)N2CC(Oc3cccc(C(F)(F)F)n3)C2)CC1. The second-order valence-electron chi connectivity index (χ2n) is 6.15. The molecule has 3 rings (SSSR count). The molecule has 5 nitrogen and oxygen atoms in total. The third-order valence-electron chi connectivity index (χ3n) is 4.35. The van der Waals surface area contributed by atoms with Gasteiger partial charge in [0, 0.05) is 24.8 Å². The van der Waals surface area contributed by atoms with Crippen LogP contribution < -0.4 is 4.74 Å². The number of alkyl halides is 3. The number of ether oxygens (including phenoxy) is 1. The quantitative estimate of drug-likeness (QED) is 0.847. The average molecular weight is 342 g/mol. The second-order valence-corrected chi connectivity index (χ2v) is 6.15. The number of carbonyl (C=O) groups excluding carboxylic acids is 2. The van der Waals surface area contributed by atoms with E-state index in [9.17, 15) is 22.8 Å². The van der Waals surface area contributed by atoms with Crippen LogP contribution in [0.3, 0.4) is 0 Å². The van der Waals surface area contributed by atoms with Gasteiger partial charge in [-0.15, -0.1) is 0 Å². The fourth-order valence-corrected chi connectivity index (χ4v) is 2.95. The average Bonchev–Trinajstić information content (AvgIpc) is 2.50. The molecule has 1 aromatic heterocycles. The van der Waals surface area contributed by atoms with E-state index in [1.807, 2.05) is 0 Å². The summed E-state index contributed by atoms with van der Waals surface area (Å²) >= 11 is 0. The molecule has 1 amide bonds. The standard InChI is InChI=1S/C16H17F3N2O3/c17-16(18,19)13-2-1-3-14(20-13)24-12-8-21(9-12)15(23)10-4-6-11(22)7-5-10/h1-3,10,12H,4-9H2. The van der Waals surface area contributed by atoms with Gasteiger partial charge in [-0.3, -0.25) is 9.59 Å². The van der Waals surface area contributed by atoms with E-state index < -0.39 is 11.9 Å². The predicted molar refractivity (Wildman–Crippen MR) is 77.2 cm³/mol. The van der Waals surface area contributed by atoms with Crippen LogP contribution in [0.4, 0.5) is 13.2 Å². The number of likely N-dealkylation sites (tertiary alicyclic amines) is 1. The normalized spacial score (nSPS) is 20.0. The van der Waals surface area contributed by atoms with Crippen molar-refractivity contribution in [2.75, 3.05) is 13.1 Å². The number of ketones is 1. The monoisotopic (exact) mass is 342 g/mol. The fourth-order valence-electron chi connectivity index (χ4n) is 2.95. The Kier molecular flexibility index (Phi) is 4.47. The minimum absolute atomic E-state index is 0.000601. The van der Waals surface area contributed by atoms with E-state index in [0.29, 0.717) is 38.8 Å². The van der Waals surface area contributed by atoms with Gasteiger partial charge in [-0.05, 0) is 18.9 Å². The highest BCUT2D eigenvalue weighted by Gasteiger charge is 2.38. The van der Waals surface area contributed by atoms with E-state index in [0.717, 1.165) is 6.07 Å². The number of hydrogen-bond acceptors (Lipinski definition) is 4. The Bertz CT molecular complexity index is 632. The van der Waals surface area contributed by atoms with Gasteiger partial charge >= 0.3 is 6.18 Å². The molecule has 8 heteroatoms. The number of carbonyl (C=O) groups is 2. The minimum Gasteiger partial charge on any atom is -0.471 e. The Morgan fingerprint density at radius 1 is 1.21 bits per heavy atom. The van der Waals surface area contributed by atoms with Gasteiger partial charge in [0.05, 0.1) is 13.1 Å². The third-order valence-corrected chi connectivity index (χ3v) is 4.35. The highest BCUT2D eigenvalue weighted by Crippen LogP contribution is 2.30. The molecule has 130 valence electrons. The lowest BCUT2D eigenvalue weighted by Crippen LogP contribution is -2.57. The van der Waals surface area contributed by atoms with Crippen LogP contribution in [0.2, 0.25) is 0 Å². The van der Waals surface area contributed by atoms with Crippen molar-refractivity contribution in [1.29, 1.82) is 0 Å². The van der Waals surface area contributed by atoms with E-state index >= 15 is 0 Å². The molecule has 2 aliphatic rings. The molecule has 0 aromatic carbocycles. The highest BCUT2D eigenvalue weighted by atomic mass is 19.4. The van der Waals surface area contributed by atoms with Gasteiger partial charge in [0.25, 0.3) is 0 Å². The van der Waals surface area contributed by atoms with Crippen LogP contribution in [0.15, 0.2) is 18.2 Å². The summed E-state index contributed by atoms with van der Waals surface area (Å²) in [5.74, 6) is -0.0284. The third kappa shape index (κ3) is 3.68. The number of halogens is 3. The first-order valence-corrected chi connectivity index (χ1v) is 7.84. The van der Waals surface area contributed by atoms with Gasteiger partial charge in [-0.25, -0.2) is 4.98 Å². The Morgan fingerprint density at radius 2 is 1.88 bits per heavy atom. The number of aromatic nitrogens is 1. The summed E-state index contributed by atoms with van der Waals surface area (Å²) in [5, 5.41) is 0. The molecule has 0 bridgehead atoms. The molecule has 1 aliphatic carbocycles. The maximum Gasteiger partial charge on any atom is 0.433 e. The zero-order valence-corrected chi connectivity index (χ0v) is 12.9. The maximum absolute atomic E-state index is 12.6. The van der Waals surface area contributed by atoms with Crippen molar-refractivity contribution in [1.82, 2.24) is 9.88 Å². The van der Waals surface area contributed by atoms with Crippen LogP contribution in [0, 0.1) is 5.92 Å². The number of Topliss-reactive ketones (excluding diaryl/α,β-unsaturated/α-hetero) is 1. The molecule has 0 unspecified atom stereocenters. The summed E-state index contributed by atoms with van der Waals surface area (Å²) in [6, 6.07) is 3.49. The summed E-state index contributed by atoms with van der Waals surface area (Å²) in [5.41, 5.74) is -1.00. The molecule has 1 aromatic rings. The van der Waals surface area contributed by atoms with E-state index in [-0.39, 0.29) is 29.6 Å². The molecule has 1 saturated heterocycles. The Balaban J connectivity index is 1.50.